The molecule has 16 heavy (non-hydrogen) atoms. The molecule has 0 aliphatic heterocycles. The molecule has 90 valence electrons. The van der Waals surface area contributed by atoms with Gasteiger partial charge in [-0.05, 0) is 37.5 Å². The van der Waals surface area contributed by atoms with Gasteiger partial charge in [0, 0.05) is 19.3 Å². The quantitative estimate of drug-likeness (QED) is 0.803. The second-order valence-corrected chi connectivity index (χ2v) is 4.08. The smallest absolute Gasteiger partial charge is 0.131 e. The van der Waals surface area contributed by atoms with Crippen molar-refractivity contribution in [3.63, 3.8) is 0 Å². The Bertz CT molecular complexity index is 326. The van der Waals surface area contributed by atoms with Crippen molar-refractivity contribution in [1.29, 1.82) is 0 Å². The molecule has 0 aromatic carbocycles. The van der Waals surface area contributed by atoms with Crippen molar-refractivity contribution < 1.29 is 5.11 Å². The number of pyridine rings is 1. The maximum absolute atomic E-state index is 9.04. The zero-order valence-electron chi connectivity index (χ0n) is 10.5. The van der Waals surface area contributed by atoms with E-state index in [2.05, 4.69) is 30.7 Å². The van der Waals surface area contributed by atoms with E-state index in [4.69, 9.17) is 5.11 Å². The molecule has 0 atom stereocenters. The van der Waals surface area contributed by atoms with Crippen LogP contribution < -0.4 is 4.90 Å². The summed E-state index contributed by atoms with van der Waals surface area (Å²) in [7, 11) is 0. The molecule has 0 unspecified atom stereocenters. The van der Waals surface area contributed by atoms with Gasteiger partial charge in [0.2, 0.25) is 0 Å². The highest BCUT2D eigenvalue weighted by Crippen LogP contribution is 2.18. The molecule has 0 bridgehead atoms. The Balaban J connectivity index is 2.83. The van der Waals surface area contributed by atoms with Gasteiger partial charge in [0.15, 0.2) is 0 Å². The van der Waals surface area contributed by atoms with Crippen LogP contribution in [0.3, 0.4) is 0 Å². The van der Waals surface area contributed by atoms with Gasteiger partial charge >= 0.3 is 0 Å². The average Bonchev–Trinajstić information content (AvgIpc) is 2.31. The molecule has 1 rings (SSSR count). The standard InChI is InChI=1S/C13H22N2O/c1-4-6-7-15(5-2)13-11(3)8-12(10-16)9-14-13/h8-9,16H,4-7,10H2,1-3H3. The fourth-order valence-corrected chi connectivity index (χ4v) is 1.81. The number of aliphatic hydroxyl groups excluding tert-OH is 1. The molecule has 0 fully saturated rings. The van der Waals surface area contributed by atoms with Crippen LogP contribution in [-0.2, 0) is 6.61 Å². The normalized spacial score (nSPS) is 10.5. The first-order valence-corrected chi connectivity index (χ1v) is 6.04. The van der Waals surface area contributed by atoms with Crippen molar-refractivity contribution in [2.24, 2.45) is 0 Å². The number of hydrogen-bond donors (Lipinski definition) is 1. The third-order valence-corrected chi connectivity index (χ3v) is 2.75. The average molecular weight is 222 g/mol. The number of nitrogens with zero attached hydrogens (tertiary/aromatic N) is 2. The minimum atomic E-state index is 0.0647. The zero-order chi connectivity index (χ0) is 12.0. The molecule has 0 saturated heterocycles. The number of anilines is 1. The summed E-state index contributed by atoms with van der Waals surface area (Å²) < 4.78 is 0. The van der Waals surface area contributed by atoms with E-state index in [9.17, 15) is 0 Å². The Kier molecular flexibility index (Phi) is 5.26. The van der Waals surface area contributed by atoms with E-state index >= 15 is 0 Å². The Hall–Kier alpha value is -1.09. The van der Waals surface area contributed by atoms with Crippen LogP contribution in [0.15, 0.2) is 12.3 Å². The van der Waals surface area contributed by atoms with Crippen LogP contribution in [0.2, 0.25) is 0 Å². The van der Waals surface area contributed by atoms with E-state index in [1.165, 1.54) is 12.8 Å². The third-order valence-electron chi connectivity index (χ3n) is 2.75. The van der Waals surface area contributed by atoms with Crippen molar-refractivity contribution in [2.45, 2.75) is 40.2 Å². The second kappa shape index (κ2) is 6.48. The maximum atomic E-state index is 9.04. The second-order valence-electron chi connectivity index (χ2n) is 4.08. The summed E-state index contributed by atoms with van der Waals surface area (Å²) in [5.41, 5.74) is 2.03. The monoisotopic (exact) mass is 222 g/mol. The van der Waals surface area contributed by atoms with Crippen LogP contribution in [-0.4, -0.2) is 23.2 Å². The molecule has 0 saturated carbocycles. The van der Waals surface area contributed by atoms with E-state index in [1.54, 1.807) is 6.20 Å². The van der Waals surface area contributed by atoms with Crippen molar-refractivity contribution in [3.05, 3.63) is 23.4 Å². The highest BCUT2D eigenvalue weighted by molar-refractivity contribution is 5.47. The maximum Gasteiger partial charge on any atom is 0.131 e. The van der Waals surface area contributed by atoms with Crippen molar-refractivity contribution in [1.82, 2.24) is 4.98 Å². The van der Waals surface area contributed by atoms with Crippen LogP contribution in [0.4, 0.5) is 5.82 Å². The molecule has 0 spiro atoms. The van der Waals surface area contributed by atoms with Gasteiger partial charge in [0.25, 0.3) is 0 Å². The fourth-order valence-electron chi connectivity index (χ4n) is 1.81. The van der Waals surface area contributed by atoms with Crippen LogP contribution in [0, 0.1) is 6.92 Å². The lowest BCUT2D eigenvalue weighted by atomic mass is 10.2. The molecule has 3 nitrogen and oxygen atoms in total. The van der Waals surface area contributed by atoms with Gasteiger partial charge in [-0.15, -0.1) is 0 Å². The molecule has 1 N–H and O–H groups in total. The highest BCUT2D eigenvalue weighted by atomic mass is 16.3. The number of aliphatic hydroxyl groups is 1. The minimum absolute atomic E-state index is 0.0647. The molecule has 0 radical (unpaired) electrons. The largest absolute Gasteiger partial charge is 0.392 e. The predicted molar refractivity (Wildman–Crippen MR) is 67.7 cm³/mol. The van der Waals surface area contributed by atoms with Crippen LogP contribution >= 0.6 is 0 Å². The number of aryl methyl sites for hydroxylation is 1. The lowest BCUT2D eigenvalue weighted by molar-refractivity contribution is 0.281. The van der Waals surface area contributed by atoms with E-state index in [0.29, 0.717) is 0 Å². The Labute approximate surface area is 98.1 Å². The van der Waals surface area contributed by atoms with E-state index in [0.717, 1.165) is 30.0 Å². The lowest BCUT2D eigenvalue weighted by Crippen LogP contribution is -2.25. The summed E-state index contributed by atoms with van der Waals surface area (Å²) >= 11 is 0. The molecule has 0 aliphatic carbocycles. The van der Waals surface area contributed by atoms with Gasteiger partial charge in [0.1, 0.15) is 5.82 Å². The van der Waals surface area contributed by atoms with Gasteiger partial charge in [-0.3, -0.25) is 0 Å². The zero-order valence-corrected chi connectivity index (χ0v) is 10.5. The Morgan fingerprint density at radius 2 is 2.12 bits per heavy atom. The van der Waals surface area contributed by atoms with Crippen molar-refractivity contribution in [2.75, 3.05) is 18.0 Å². The third kappa shape index (κ3) is 3.20. The molecule has 1 heterocycles. The van der Waals surface area contributed by atoms with Gasteiger partial charge in [-0.25, -0.2) is 4.98 Å². The molecule has 0 aliphatic rings. The van der Waals surface area contributed by atoms with Crippen molar-refractivity contribution >= 4 is 5.82 Å². The van der Waals surface area contributed by atoms with Crippen LogP contribution in [0.5, 0.6) is 0 Å². The van der Waals surface area contributed by atoms with Gasteiger partial charge in [-0.1, -0.05) is 13.3 Å². The van der Waals surface area contributed by atoms with Crippen LogP contribution in [0.25, 0.3) is 0 Å². The van der Waals surface area contributed by atoms with Gasteiger partial charge in [-0.2, -0.15) is 0 Å². The fraction of sp³-hybridized carbons (Fsp3) is 0.615. The highest BCUT2D eigenvalue weighted by Gasteiger charge is 2.08. The summed E-state index contributed by atoms with van der Waals surface area (Å²) in [5.74, 6) is 1.05. The summed E-state index contributed by atoms with van der Waals surface area (Å²) in [5, 5.41) is 9.04. The number of aromatic nitrogens is 1. The summed E-state index contributed by atoms with van der Waals surface area (Å²) in [4.78, 5) is 6.73. The predicted octanol–water partition coefficient (Wildman–Crippen LogP) is 2.51. The first kappa shape index (κ1) is 13.0. The summed E-state index contributed by atoms with van der Waals surface area (Å²) in [6, 6.07) is 2.01. The van der Waals surface area contributed by atoms with Crippen molar-refractivity contribution in [3.8, 4) is 0 Å². The van der Waals surface area contributed by atoms with E-state index in [-0.39, 0.29) is 6.61 Å². The van der Waals surface area contributed by atoms with E-state index < -0.39 is 0 Å². The number of unbranched alkanes of at least 4 members (excludes halogenated alkanes) is 1. The first-order valence-electron chi connectivity index (χ1n) is 6.04. The minimum Gasteiger partial charge on any atom is -0.392 e. The van der Waals surface area contributed by atoms with Gasteiger partial charge in [0.05, 0.1) is 6.61 Å². The SMILES string of the molecule is CCCCN(CC)c1ncc(CO)cc1C. The molecule has 1 aromatic rings. The molecule has 0 amide bonds. The number of hydrogen-bond acceptors (Lipinski definition) is 3. The summed E-state index contributed by atoms with van der Waals surface area (Å²) in [6.45, 7) is 8.50. The van der Waals surface area contributed by atoms with Crippen LogP contribution in [0.1, 0.15) is 37.8 Å². The molecule has 3 heteroatoms. The first-order chi connectivity index (χ1) is 7.72. The molecular formula is C13H22N2O. The number of rotatable bonds is 6. The Morgan fingerprint density at radius 1 is 1.38 bits per heavy atom. The Morgan fingerprint density at radius 3 is 2.62 bits per heavy atom. The molecule has 1 aromatic heterocycles. The topological polar surface area (TPSA) is 36.4 Å². The molecular weight excluding hydrogens is 200 g/mol. The summed E-state index contributed by atoms with van der Waals surface area (Å²) in [6.07, 6.45) is 4.15. The van der Waals surface area contributed by atoms with E-state index in [1.807, 2.05) is 6.07 Å². The van der Waals surface area contributed by atoms with Gasteiger partial charge < -0.3 is 10.0 Å². The lowest BCUT2D eigenvalue weighted by Gasteiger charge is -2.23.